The maximum absolute atomic E-state index is 12.1. The van der Waals surface area contributed by atoms with E-state index in [4.69, 9.17) is 0 Å². The van der Waals surface area contributed by atoms with Crippen LogP contribution in [0.5, 0.6) is 0 Å². The molecule has 0 aromatic carbocycles. The number of hydrogen-bond donors (Lipinski definition) is 2. The summed E-state index contributed by atoms with van der Waals surface area (Å²) in [6, 6.07) is 3.71. The van der Waals surface area contributed by atoms with Crippen molar-refractivity contribution in [2.75, 3.05) is 18.9 Å². The molecule has 19 heavy (non-hydrogen) atoms. The predicted molar refractivity (Wildman–Crippen MR) is 77.5 cm³/mol. The number of amides is 1. The number of hydrogen-bond acceptors (Lipinski definition) is 3. The van der Waals surface area contributed by atoms with Crippen LogP contribution in [0.15, 0.2) is 12.1 Å². The average Bonchev–Trinajstić information content (AvgIpc) is 3.22. The number of aromatic nitrogens is 1. The molecule has 4 nitrogen and oxygen atoms in total. The standard InChI is InChI=1S/C15H23N3O/c1-3-4-13-9-12(10-14(16-2)18-13)15(19)17-8-7-11-5-6-11/h9-11H,3-8H2,1-2H3,(H,16,18)(H,17,19). The zero-order chi connectivity index (χ0) is 13.7. The molecule has 0 radical (unpaired) electrons. The van der Waals surface area contributed by atoms with E-state index < -0.39 is 0 Å². The van der Waals surface area contributed by atoms with Crippen LogP contribution in [0.2, 0.25) is 0 Å². The third-order valence-electron chi connectivity index (χ3n) is 3.44. The first kappa shape index (κ1) is 13.8. The molecule has 0 aliphatic heterocycles. The van der Waals surface area contributed by atoms with Crippen LogP contribution in [-0.4, -0.2) is 24.5 Å². The van der Waals surface area contributed by atoms with Crippen LogP contribution in [0.25, 0.3) is 0 Å². The Hall–Kier alpha value is -1.58. The average molecular weight is 261 g/mol. The van der Waals surface area contributed by atoms with E-state index in [0.29, 0.717) is 5.56 Å². The van der Waals surface area contributed by atoms with E-state index in [0.717, 1.165) is 43.2 Å². The molecule has 2 rings (SSSR count). The summed E-state index contributed by atoms with van der Waals surface area (Å²) < 4.78 is 0. The van der Waals surface area contributed by atoms with Crippen molar-refractivity contribution in [2.45, 2.75) is 39.0 Å². The van der Waals surface area contributed by atoms with Crippen molar-refractivity contribution in [3.05, 3.63) is 23.4 Å². The molecule has 2 N–H and O–H groups in total. The van der Waals surface area contributed by atoms with Crippen molar-refractivity contribution in [1.82, 2.24) is 10.3 Å². The summed E-state index contributed by atoms with van der Waals surface area (Å²) in [5, 5.41) is 6.01. The van der Waals surface area contributed by atoms with Gasteiger partial charge in [0, 0.05) is 24.8 Å². The van der Waals surface area contributed by atoms with Gasteiger partial charge in [-0.3, -0.25) is 4.79 Å². The molecule has 0 spiro atoms. The van der Waals surface area contributed by atoms with Gasteiger partial charge in [0.05, 0.1) is 0 Å². The Kier molecular flexibility index (Phi) is 4.77. The van der Waals surface area contributed by atoms with Crippen molar-refractivity contribution >= 4 is 11.7 Å². The zero-order valence-electron chi connectivity index (χ0n) is 11.8. The number of nitrogens with one attached hydrogen (secondary N) is 2. The van der Waals surface area contributed by atoms with Crippen molar-refractivity contribution in [2.24, 2.45) is 5.92 Å². The van der Waals surface area contributed by atoms with E-state index in [1.54, 1.807) is 0 Å². The number of aryl methyl sites for hydroxylation is 1. The fraction of sp³-hybridized carbons (Fsp3) is 0.600. The van der Waals surface area contributed by atoms with Crippen LogP contribution in [0.3, 0.4) is 0 Å². The predicted octanol–water partition coefficient (Wildman–Crippen LogP) is 2.61. The normalized spacial score (nSPS) is 14.2. The Balaban J connectivity index is 1.99. The van der Waals surface area contributed by atoms with Gasteiger partial charge in [0.1, 0.15) is 5.82 Å². The molecule has 1 aliphatic rings. The number of rotatable bonds is 7. The van der Waals surface area contributed by atoms with E-state index in [1.165, 1.54) is 12.8 Å². The van der Waals surface area contributed by atoms with E-state index >= 15 is 0 Å². The second-order valence-corrected chi connectivity index (χ2v) is 5.22. The summed E-state index contributed by atoms with van der Waals surface area (Å²) in [4.78, 5) is 16.6. The molecule has 0 bridgehead atoms. The molecule has 1 aromatic heterocycles. The molecule has 1 heterocycles. The minimum atomic E-state index is 0.0110. The molecule has 1 fully saturated rings. The second-order valence-electron chi connectivity index (χ2n) is 5.22. The first-order chi connectivity index (χ1) is 9.22. The summed E-state index contributed by atoms with van der Waals surface area (Å²) in [6.45, 7) is 2.90. The summed E-state index contributed by atoms with van der Waals surface area (Å²) >= 11 is 0. The minimum Gasteiger partial charge on any atom is -0.373 e. The molecule has 1 saturated carbocycles. The van der Waals surface area contributed by atoms with Crippen molar-refractivity contribution < 1.29 is 4.79 Å². The highest BCUT2D eigenvalue weighted by Gasteiger charge is 2.20. The van der Waals surface area contributed by atoms with Crippen molar-refractivity contribution in [1.29, 1.82) is 0 Å². The van der Waals surface area contributed by atoms with Crippen LogP contribution < -0.4 is 10.6 Å². The van der Waals surface area contributed by atoms with E-state index in [-0.39, 0.29) is 5.91 Å². The summed E-state index contributed by atoms with van der Waals surface area (Å²) in [5.74, 6) is 1.62. The lowest BCUT2D eigenvalue weighted by Gasteiger charge is -2.09. The molecule has 0 unspecified atom stereocenters. The van der Waals surface area contributed by atoms with Gasteiger partial charge < -0.3 is 10.6 Å². The minimum absolute atomic E-state index is 0.0110. The molecule has 104 valence electrons. The lowest BCUT2D eigenvalue weighted by molar-refractivity contribution is 0.0952. The molecule has 1 aromatic rings. The zero-order valence-corrected chi connectivity index (χ0v) is 11.8. The smallest absolute Gasteiger partial charge is 0.251 e. The molecule has 1 amide bonds. The molecule has 0 saturated heterocycles. The van der Waals surface area contributed by atoms with Gasteiger partial charge in [0.2, 0.25) is 0 Å². The number of nitrogens with zero attached hydrogens (tertiary/aromatic N) is 1. The number of anilines is 1. The van der Waals surface area contributed by atoms with Gasteiger partial charge in [-0.1, -0.05) is 26.2 Å². The largest absolute Gasteiger partial charge is 0.373 e. The Labute approximate surface area is 115 Å². The maximum Gasteiger partial charge on any atom is 0.251 e. The highest BCUT2D eigenvalue weighted by molar-refractivity contribution is 5.95. The Morgan fingerprint density at radius 2 is 2.21 bits per heavy atom. The van der Waals surface area contributed by atoms with E-state index in [9.17, 15) is 4.79 Å². The Bertz CT molecular complexity index is 441. The molecular weight excluding hydrogens is 238 g/mol. The molecule has 0 atom stereocenters. The number of carbonyl (C=O) groups is 1. The van der Waals surface area contributed by atoms with E-state index in [2.05, 4.69) is 22.5 Å². The maximum atomic E-state index is 12.1. The Morgan fingerprint density at radius 1 is 1.42 bits per heavy atom. The summed E-state index contributed by atoms with van der Waals surface area (Å²) in [7, 11) is 1.83. The lowest BCUT2D eigenvalue weighted by atomic mass is 10.1. The SMILES string of the molecule is CCCc1cc(C(=O)NCCC2CC2)cc(NC)n1. The Morgan fingerprint density at radius 3 is 2.84 bits per heavy atom. The van der Waals surface area contributed by atoms with Crippen LogP contribution in [0.1, 0.15) is 48.7 Å². The molecule has 4 heteroatoms. The number of pyridine rings is 1. The van der Waals surface area contributed by atoms with Gasteiger partial charge in [-0.25, -0.2) is 4.98 Å². The monoisotopic (exact) mass is 261 g/mol. The fourth-order valence-electron chi connectivity index (χ4n) is 2.13. The lowest BCUT2D eigenvalue weighted by Crippen LogP contribution is -2.25. The summed E-state index contributed by atoms with van der Waals surface area (Å²) in [6.07, 6.45) is 5.70. The van der Waals surface area contributed by atoms with Crippen molar-refractivity contribution in [3.63, 3.8) is 0 Å². The van der Waals surface area contributed by atoms with Crippen molar-refractivity contribution in [3.8, 4) is 0 Å². The van der Waals surface area contributed by atoms with Gasteiger partial charge in [0.25, 0.3) is 5.91 Å². The van der Waals surface area contributed by atoms with Crippen LogP contribution in [-0.2, 0) is 6.42 Å². The molecular formula is C15H23N3O. The highest BCUT2D eigenvalue weighted by Crippen LogP contribution is 2.31. The van der Waals surface area contributed by atoms with Gasteiger partial charge in [-0.15, -0.1) is 0 Å². The second kappa shape index (κ2) is 6.55. The first-order valence-electron chi connectivity index (χ1n) is 7.19. The van der Waals surface area contributed by atoms with Gasteiger partial charge in [-0.2, -0.15) is 0 Å². The summed E-state index contributed by atoms with van der Waals surface area (Å²) in [5.41, 5.74) is 1.68. The van der Waals surface area contributed by atoms with Gasteiger partial charge in [0.15, 0.2) is 0 Å². The highest BCUT2D eigenvalue weighted by atomic mass is 16.1. The van der Waals surface area contributed by atoms with Gasteiger partial charge in [-0.05, 0) is 30.9 Å². The van der Waals surface area contributed by atoms with Crippen LogP contribution in [0.4, 0.5) is 5.82 Å². The number of carbonyl (C=O) groups excluding carboxylic acids is 1. The third-order valence-corrected chi connectivity index (χ3v) is 3.44. The van der Waals surface area contributed by atoms with Gasteiger partial charge >= 0.3 is 0 Å². The third kappa shape index (κ3) is 4.23. The first-order valence-corrected chi connectivity index (χ1v) is 7.19. The van der Waals surface area contributed by atoms with Crippen LogP contribution >= 0.6 is 0 Å². The van der Waals surface area contributed by atoms with Crippen LogP contribution in [0, 0.1) is 5.92 Å². The van der Waals surface area contributed by atoms with E-state index in [1.807, 2.05) is 19.2 Å². The molecule has 1 aliphatic carbocycles. The fourth-order valence-corrected chi connectivity index (χ4v) is 2.13. The quantitative estimate of drug-likeness (QED) is 0.793. The topological polar surface area (TPSA) is 54.0 Å².